The van der Waals surface area contributed by atoms with Crippen molar-refractivity contribution in [3.8, 4) is 0 Å². The number of halogens is 2. The van der Waals surface area contributed by atoms with Crippen molar-refractivity contribution in [1.29, 1.82) is 0 Å². The van der Waals surface area contributed by atoms with Crippen LogP contribution in [0.3, 0.4) is 0 Å². The van der Waals surface area contributed by atoms with Crippen LogP contribution in [0.1, 0.15) is 16.5 Å². The minimum Gasteiger partial charge on any atom is -0.312 e. The zero-order chi connectivity index (χ0) is 12.3. The van der Waals surface area contributed by atoms with Crippen molar-refractivity contribution >= 4 is 11.5 Å². The highest BCUT2D eigenvalue weighted by Crippen LogP contribution is 2.23. The smallest absolute Gasteiger partial charge is 0.129 e. The second-order valence-electron chi connectivity index (χ2n) is 3.57. The van der Waals surface area contributed by atoms with Gasteiger partial charge in [0.25, 0.3) is 0 Å². The Morgan fingerprint density at radius 3 is 2.59 bits per heavy atom. The Balaban J connectivity index is 2.25. The van der Waals surface area contributed by atoms with E-state index in [0.29, 0.717) is 0 Å². The summed E-state index contributed by atoms with van der Waals surface area (Å²) in [6.45, 7) is 0. The molecule has 0 aliphatic carbocycles. The predicted molar refractivity (Wildman–Crippen MR) is 61.8 cm³/mol. The topological polar surface area (TPSA) is 37.8 Å². The Morgan fingerprint density at radius 1 is 1.35 bits per heavy atom. The standard InChI is InChI=1S/C11H11F2N3S/c1-14-10(11-6-15-16-17-11)5-7-8(12)3-2-4-9(7)13/h2-4,6,10,14H,5H2,1H3. The highest BCUT2D eigenvalue weighted by atomic mass is 32.1. The molecule has 1 unspecified atom stereocenters. The molecule has 1 aromatic heterocycles. The molecular formula is C11H11F2N3S. The monoisotopic (exact) mass is 255 g/mol. The van der Waals surface area contributed by atoms with Gasteiger partial charge in [-0.1, -0.05) is 10.6 Å². The van der Waals surface area contributed by atoms with Crippen LogP contribution in [0.15, 0.2) is 24.4 Å². The summed E-state index contributed by atoms with van der Waals surface area (Å²) < 4.78 is 30.7. The van der Waals surface area contributed by atoms with Crippen LogP contribution in [0.25, 0.3) is 0 Å². The molecule has 1 atom stereocenters. The minimum atomic E-state index is -0.525. The van der Waals surface area contributed by atoms with Gasteiger partial charge in [-0.3, -0.25) is 0 Å². The first-order valence-corrected chi connectivity index (χ1v) is 5.87. The zero-order valence-electron chi connectivity index (χ0n) is 9.15. The largest absolute Gasteiger partial charge is 0.312 e. The van der Waals surface area contributed by atoms with E-state index in [1.165, 1.54) is 29.7 Å². The average molecular weight is 255 g/mol. The quantitative estimate of drug-likeness (QED) is 0.911. The molecule has 2 rings (SSSR count). The molecule has 0 amide bonds. The molecule has 0 saturated carbocycles. The van der Waals surface area contributed by atoms with Crippen LogP contribution < -0.4 is 5.32 Å². The lowest BCUT2D eigenvalue weighted by molar-refractivity contribution is 0.518. The van der Waals surface area contributed by atoms with Gasteiger partial charge in [0.15, 0.2) is 0 Å². The second kappa shape index (κ2) is 5.29. The Kier molecular flexibility index (Phi) is 3.75. The van der Waals surface area contributed by atoms with Crippen molar-refractivity contribution < 1.29 is 8.78 Å². The fourth-order valence-corrected chi connectivity index (χ4v) is 2.22. The maximum atomic E-state index is 13.5. The molecule has 1 aromatic carbocycles. The Hall–Kier alpha value is -1.40. The molecule has 0 spiro atoms. The summed E-state index contributed by atoms with van der Waals surface area (Å²) >= 11 is 1.22. The first-order chi connectivity index (χ1) is 8.22. The van der Waals surface area contributed by atoms with Gasteiger partial charge >= 0.3 is 0 Å². The summed E-state index contributed by atoms with van der Waals surface area (Å²) in [5.41, 5.74) is 0.0836. The lowest BCUT2D eigenvalue weighted by Gasteiger charge is -2.14. The van der Waals surface area contributed by atoms with Gasteiger partial charge in [0.05, 0.1) is 11.1 Å². The van der Waals surface area contributed by atoms with Crippen molar-refractivity contribution in [3.63, 3.8) is 0 Å². The molecule has 0 aliphatic rings. The highest BCUT2D eigenvalue weighted by Gasteiger charge is 2.17. The van der Waals surface area contributed by atoms with Crippen LogP contribution in [0, 0.1) is 11.6 Å². The fraction of sp³-hybridized carbons (Fsp3) is 0.273. The van der Waals surface area contributed by atoms with Crippen molar-refractivity contribution in [2.45, 2.75) is 12.5 Å². The Labute approximate surface area is 102 Å². The van der Waals surface area contributed by atoms with E-state index in [9.17, 15) is 8.78 Å². The lowest BCUT2D eigenvalue weighted by atomic mass is 10.0. The summed E-state index contributed by atoms with van der Waals surface area (Å²) in [6, 6.07) is 3.70. The minimum absolute atomic E-state index is 0.0836. The van der Waals surface area contributed by atoms with E-state index >= 15 is 0 Å². The summed E-state index contributed by atoms with van der Waals surface area (Å²) in [6.07, 6.45) is 1.84. The molecule has 0 radical (unpaired) electrons. The third-order valence-electron chi connectivity index (χ3n) is 2.54. The SMILES string of the molecule is CNC(Cc1c(F)cccc1F)c1cnns1. The van der Waals surface area contributed by atoms with Crippen LogP contribution in [0.2, 0.25) is 0 Å². The molecule has 1 heterocycles. The number of rotatable bonds is 4. The number of nitrogens with zero attached hydrogens (tertiary/aromatic N) is 2. The summed E-state index contributed by atoms with van der Waals surface area (Å²) in [4.78, 5) is 0.857. The van der Waals surface area contributed by atoms with Crippen LogP contribution in [-0.4, -0.2) is 16.6 Å². The molecule has 2 aromatic rings. The zero-order valence-corrected chi connectivity index (χ0v) is 9.97. The van der Waals surface area contributed by atoms with Crippen LogP contribution in [0.4, 0.5) is 8.78 Å². The van der Waals surface area contributed by atoms with Crippen LogP contribution in [0.5, 0.6) is 0 Å². The third kappa shape index (κ3) is 2.65. The maximum Gasteiger partial charge on any atom is 0.129 e. The average Bonchev–Trinajstić information content (AvgIpc) is 2.82. The lowest BCUT2D eigenvalue weighted by Crippen LogP contribution is -2.19. The molecule has 17 heavy (non-hydrogen) atoms. The molecule has 0 saturated heterocycles. The molecular weight excluding hydrogens is 244 g/mol. The second-order valence-corrected chi connectivity index (χ2v) is 4.38. The number of likely N-dealkylation sites (N-methyl/N-ethyl adjacent to an activating group) is 1. The molecule has 6 heteroatoms. The van der Waals surface area contributed by atoms with Gasteiger partial charge in [-0.05, 0) is 37.1 Å². The molecule has 0 fully saturated rings. The molecule has 3 nitrogen and oxygen atoms in total. The number of hydrogen-bond acceptors (Lipinski definition) is 4. The van der Waals surface area contributed by atoms with Gasteiger partial charge in [0.1, 0.15) is 11.6 Å². The maximum absolute atomic E-state index is 13.5. The van der Waals surface area contributed by atoms with Gasteiger partial charge in [-0.25, -0.2) is 8.78 Å². The van der Waals surface area contributed by atoms with E-state index in [1.54, 1.807) is 13.2 Å². The molecule has 0 aliphatic heterocycles. The molecule has 90 valence electrons. The third-order valence-corrected chi connectivity index (χ3v) is 3.32. The number of hydrogen-bond donors (Lipinski definition) is 1. The van der Waals surface area contributed by atoms with E-state index < -0.39 is 11.6 Å². The van der Waals surface area contributed by atoms with Gasteiger partial charge in [0, 0.05) is 11.6 Å². The van der Waals surface area contributed by atoms with Gasteiger partial charge in [-0.2, -0.15) is 0 Å². The van der Waals surface area contributed by atoms with Gasteiger partial charge in [0.2, 0.25) is 0 Å². The first-order valence-electron chi connectivity index (χ1n) is 5.09. The summed E-state index contributed by atoms with van der Waals surface area (Å²) in [5.74, 6) is -1.05. The van der Waals surface area contributed by atoms with E-state index in [0.717, 1.165) is 4.88 Å². The van der Waals surface area contributed by atoms with Crippen molar-refractivity contribution in [3.05, 3.63) is 46.5 Å². The van der Waals surface area contributed by atoms with Crippen molar-refractivity contribution in [2.24, 2.45) is 0 Å². The van der Waals surface area contributed by atoms with E-state index in [2.05, 4.69) is 14.9 Å². The highest BCUT2D eigenvalue weighted by molar-refractivity contribution is 7.05. The fourth-order valence-electron chi connectivity index (χ4n) is 1.60. The summed E-state index contributed by atoms with van der Waals surface area (Å²) in [5, 5.41) is 6.72. The molecule has 1 N–H and O–H groups in total. The van der Waals surface area contributed by atoms with Crippen molar-refractivity contribution in [2.75, 3.05) is 7.05 Å². The van der Waals surface area contributed by atoms with E-state index in [4.69, 9.17) is 0 Å². The van der Waals surface area contributed by atoms with E-state index in [-0.39, 0.29) is 18.0 Å². The first kappa shape index (κ1) is 12.1. The number of aromatic nitrogens is 2. The number of benzene rings is 1. The van der Waals surface area contributed by atoms with Crippen molar-refractivity contribution in [1.82, 2.24) is 14.9 Å². The molecule has 0 bridgehead atoms. The van der Waals surface area contributed by atoms with Crippen LogP contribution in [-0.2, 0) is 6.42 Å². The van der Waals surface area contributed by atoms with Gasteiger partial charge < -0.3 is 5.32 Å². The summed E-state index contributed by atoms with van der Waals surface area (Å²) in [7, 11) is 1.74. The normalized spacial score (nSPS) is 12.6. The number of nitrogens with one attached hydrogen (secondary N) is 1. The van der Waals surface area contributed by atoms with E-state index in [1.807, 2.05) is 0 Å². The Morgan fingerprint density at radius 2 is 2.06 bits per heavy atom. The van der Waals surface area contributed by atoms with Gasteiger partial charge in [-0.15, -0.1) is 5.10 Å². The Bertz CT molecular complexity index is 467. The predicted octanol–water partition coefficient (Wildman–Crippen LogP) is 2.32. The van der Waals surface area contributed by atoms with Crippen LogP contribution >= 0.6 is 11.5 Å².